The maximum absolute atomic E-state index is 6.20. The van der Waals surface area contributed by atoms with Crippen LogP contribution in [0.4, 0.5) is 0 Å². The van der Waals surface area contributed by atoms with Crippen LogP contribution in [0.2, 0.25) is 0 Å². The lowest BCUT2D eigenvalue weighted by Gasteiger charge is -2.32. The van der Waals surface area contributed by atoms with Crippen LogP contribution in [-0.4, -0.2) is 33.1 Å². The summed E-state index contributed by atoms with van der Waals surface area (Å²) in [7, 11) is -0.395. The van der Waals surface area contributed by atoms with Crippen molar-refractivity contribution in [2.24, 2.45) is 5.92 Å². The molecule has 0 N–H and O–H groups in total. The summed E-state index contributed by atoms with van der Waals surface area (Å²) in [6.45, 7) is 13.6. The van der Waals surface area contributed by atoms with Crippen molar-refractivity contribution in [1.29, 1.82) is 0 Å². The molecule has 0 atom stereocenters. The van der Waals surface area contributed by atoms with Gasteiger partial charge in [-0.3, -0.25) is 9.67 Å². The van der Waals surface area contributed by atoms with Gasteiger partial charge in [-0.15, -0.1) is 0 Å². The van der Waals surface area contributed by atoms with Crippen molar-refractivity contribution in [1.82, 2.24) is 14.8 Å². The molecule has 2 aromatic rings. The molecule has 144 valence electrons. The maximum atomic E-state index is 6.20. The smallest absolute Gasteiger partial charge is 0.399 e. The fourth-order valence-corrected chi connectivity index (χ4v) is 3.91. The summed E-state index contributed by atoms with van der Waals surface area (Å²) in [4.78, 5) is 4.48. The molecule has 2 fully saturated rings. The van der Waals surface area contributed by atoms with Crippen molar-refractivity contribution in [2.75, 3.05) is 0 Å². The van der Waals surface area contributed by atoms with Gasteiger partial charge in [-0.05, 0) is 60.3 Å². The molecular formula is C21H30BN3O2. The van der Waals surface area contributed by atoms with Gasteiger partial charge in [0.1, 0.15) is 0 Å². The van der Waals surface area contributed by atoms with Crippen molar-refractivity contribution in [3.05, 3.63) is 29.8 Å². The highest BCUT2D eigenvalue weighted by Crippen LogP contribution is 2.37. The van der Waals surface area contributed by atoms with Crippen LogP contribution in [0.3, 0.4) is 0 Å². The second-order valence-corrected chi connectivity index (χ2v) is 9.12. The number of aryl methyl sites for hydroxylation is 1. The molecule has 27 heavy (non-hydrogen) atoms. The number of hydrogen-bond donors (Lipinski definition) is 0. The molecule has 5 nitrogen and oxygen atoms in total. The van der Waals surface area contributed by atoms with E-state index in [1.807, 2.05) is 12.4 Å². The number of hydrogen-bond acceptors (Lipinski definition) is 4. The summed E-state index contributed by atoms with van der Waals surface area (Å²) in [5.41, 5.74) is 4.78. The second kappa shape index (κ2) is 6.45. The first-order chi connectivity index (χ1) is 12.7. The van der Waals surface area contributed by atoms with Crippen LogP contribution in [0.25, 0.3) is 11.1 Å². The molecule has 2 aromatic heterocycles. The zero-order valence-electron chi connectivity index (χ0n) is 17.4. The molecule has 1 saturated heterocycles. The van der Waals surface area contributed by atoms with E-state index in [1.165, 1.54) is 30.5 Å². The normalized spacial score (nSPS) is 21.5. The van der Waals surface area contributed by atoms with Crippen molar-refractivity contribution in [3.63, 3.8) is 0 Å². The number of aromatic nitrogens is 3. The average molecular weight is 367 g/mol. The predicted molar refractivity (Wildman–Crippen MR) is 108 cm³/mol. The van der Waals surface area contributed by atoms with Gasteiger partial charge in [0.15, 0.2) is 0 Å². The third kappa shape index (κ3) is 3.23. The lowest BCUT2D eigenvalue weighted by Crippen LogP contribution is -2.41. The summed E-state index contributed by atoms with van der Waals surface area (Å²) in [6.07, 6.45) is 7.77. The Hall–Kier alpha value is -1.66. The highest BCUT2D eigenvalue weighted by molar-refractivity contribution is 6.62. The Morgan fingerprint density at radius 3 is 2.37 bits per heavy atom. The minimum atomic E-state index is -0.395. The van der Waals surface area contributed by atoms with Gasteiger partial charge in [0.05, 0.1) is 16.9 Å². The standard InChI is InChI=1S/C21H30BN3O2/c1-14-19(15(2)25(24-14)13-16-8-7-9-16)17-10-18(12-23-11-17)22-26-20(3,4)21(5,6)27-22/h10-12,16H,7-9,13H2,1-6H3. The quantitative estimate of drug-likeness (QED) is 0.774. The third-order valence-corrected chi connectivity index (χ3v) is 6.61. The summed E-state index contributed by atoms with van der Waals surface area (Å²) in [5, 5.41) is 4.81. The van der Waals surface area contributed by atoms with E-state index in [1.54, 1.807) is 0 Å². The summed E-state index contributed by atoms with van der Waals surface area (Å²) >= 11 is 0. The molecular weight excluding hydrogens is 337 g/mol. The number of rotatable bonds is 4. The summed E-state index contributed by atoms with van der Waals surface area (Å²) in [6, 6.07) is 2.14. The molecule has 2 aliphatic rings. The Labute approximate surface area is 162 Å². The minimum absolute atomic E-state index is 0.354. The number of pyridine rings is 1. The first-order valence-electron chi connectivity index (χ1n) is 10.0. The van der Waals surface area contributed by atoms with Gasteiger partial charge in [-0.25, -0.2) is 0 Å². The van der Waals surface area contributed by atoms with Crippen molar-refractivity contribution >= 4 is 12.6 Å². The van der Waals surface area contributed by atoms with Gasteiger partial charge in [0.2, 0.25) is 0 Å². The van der Waals surface area contributed by atoms with Gasteiger partial charge in [0.25, 0.3) is 0 Å². The monoisotopic (exact) mass is 367 g/mol. The molecule has 6 heteroatoms. The Morgan fingerprint density at radius 1 is 1.11 bits per heavy atom. The topological polar surface area (TPSA) is 49.2 Å². The molecule has 0 amide bonds. The van der Waals surface area contributed by atoms with Crippen molar-refractivity contribution in [3.8, 4) is 11.1 Å². The van der Waals surface area contributed by atoms with Gasteiger partial charge in [-0.2, -0.15) is 5.10 Å². The zero-order valence-corrected chi connectivity index (χ0v) is 17.4. The molecule has 0 aromatic carbocycles. The van der Waals surface area contributed by atoms with Crippen LogP contribution in [0.15, 0.2) is 18.5 Å². The highest BCUT2D eigenvalue weighted by Gasteiger charge is 2.51. The fraction of sp³-hybridized carbons (Fsp3) is 0.619. The van der Waals surface area contributed by atoms with Crippen LogP contribution >= 0.6 is 0 Å². The van der Waals surface area contributed by atoms with Crippen LogP contribution in [0.5, 0.6) is 0 Å². The molecule has 1 saturated carbocycles. The lowest BCUT2D eigenvalue weighted by molar-refractivity contribution is 0.00578. The Bertz CT molecular complexity index is 839. The van der Waals surface area contributed by atoms with E-state index in [2.05, 4.69) is 57.3 Å². The van der Waals surface area contributed by atoms with Crippen molar-refractivity contribution < 1.29 is 9.31 Å². The Balaban J connectivity index is 1.64. The van der Waals surface area contributed by atoms with Crippen LogP contribution in [0.1, 0.15) is 58.3 Å². The fourth-order valence-electron chi connectivity index (χ4n) is 3.91. The first kappa shape index (κ1) is 18.7. The summed E-state index contributed by atoms with van der Waals surface area (Å²) < 4.78 is 14.6. The van der Waals surface area contributed by atoms with Crippen LogP contribution < -0.4 is 5.46 Å². The molecule has 0 bridgehead atoms. The van der Waals surface area contributed by atoms with E-state index < -0.39 is 7.12 Å². The molecule has 4 rings (SSSR count). The molecule has 0 radical (unpaired) electrons. The van der Waals surface area contributed by atoms with Gasteiger partial charge >= 0.3 is 7.12 Å². The third-order valence-electron chi connectivity index (χ3n) is 6.61. The lowest BCUT2D eigenvalue weighted by atomic mass is 9.79. The largest absolute Gasteiger partial charge is 0.496 e. The van der Waals surface area contributed by atoms with Gasteiger partial charge in [-0.1, -0.05) is 12.5 Å². The highest BCUT2D eigenvalue weighted by atomic mass is 16.7. The van der Waals surface area contributed by atoms with Gasteiger partial charge in [0, 0.05) is 41.2 Å². The molecule has 1 aliphatic heterocycles. The average Bonchev–Trinajstić information content (AvgIpc) is 2.95. The van der Waals surface area contributed by atoms with Gasteiger partial charge < -0.3 is 9.31 Å². The SMILES string of the molecule is Cc1nn(CC2CCC2)c(C)c1-c1cncc(B2OC(C)(C)C(C)(C)O2)c1. The van der Waals surface area contributed by atoms with Crippen LogP contribution in [-0.2, 0) is 15.9 Å². The zero-order chi connectivity index (χ0) is 19.4. The van der Waals surface area contributed by atoms with Crippen LogP contribution in [0, 0.1) is 19.8 Å². The Kier molecular flexibility index (Phi) is 4.47. The van der Waals surface area contributed by atoms with Crippen molar-refractivity contribution in [2.45, 2.75) is 78.6 Å². The second-order valence-electron chi connectivity index (χ2n) is 9.12. The van der Waals surface area contributed by atoms with E-state index in [0.717, 1.165) is 29.2 Å². The molecule has 0 spiro atoms. The van der Waals surface area contributed by atoms with E-state index >= 15 is 0 Å². The minimum Gasteiger partial charge on any atom is -0.399 e. The molecule has 0 unspecified atom stereocenters. The summed E-state index contributed by atoms with van der Waals surface area (Å²) in [5.74, 6) is 0.782. The van der Waals surface area contributed by atoms with E-state index in [4.69, 9.17) is 14.4 Å². The maximum Gasteiger partial charge on any atom is 0.496 e. The predicted octanol–water partition coefficient (Wildman–Crippen LogP) is 3.66. The van der Waals surface area contributed by atoms with E-state index in [0.29, 0.717) is 0 Å². The molecule has 3 heterocycles. The number of nitrogens with zero attached hydrogens (tertiary/aromatic N) is 3. The van der Waals surface area contributed by atoms with E-state index in [-0.39, 0.29) is 11.2 Å². The molecule has 1 aliphatic carbocycles. The van der Waals surface area contributed by atoms with E-state index in [9.17, 15) is 0 Å². The Morgan fingerprint density at radius 2 is 1.78 bits per heavy atom. The first-order valence-corrected chi connectivity index (χ1v) is 10.0.